The number of halogens is 1. The molecule has 1 N–H and O–H groups in total. The van der Waals surface area contributed by atoms with Gasteiger partial charge in [-0.05, 0) is 43.4 Å². The maximum absolute atomic E-state index is 13.2. The number of nitrogens with zero attached hydrogens (tertiary/aromatic N) is 1. The smallest absolute Gasteiger partial charge is 0.222 e. The molecule has 1 atom stereocenters. The van der Waals surface area contributed by atoms with Crippen LogP contribution in [0.4, 0.5) is 4.39 Å². The zero-order valence-electron chi connectivity index (χ0n) is 13.8. The first-order chi connectivity index (χ1) is 11.1. The minimum absolute atomic E-state index is 0.0733. The van der Waals surface area contributed by atoms with Gasteiger partial charge in [0.2, 0.25) is 5.91 Å². The lowest BCUT2D eigenvalue weighted by atomic mass is 9.78. The number of likely N-dealkylation sites (tertiary alicyclic amines) is 1. The quantitative estimate of drug-likeness (QED) is 0.838. The Morgan fingerprint density at radius 1 is 1.48 bits per heavy atom. The number of carbonyl (C=O) groups is 1. The summed E-state index contributed by atoms with van der Waals surface area (Å²) in [6.45, 7) is 1.97. The topological polar surface area (TPSA) is 49.8 Å². The van der Waals surface area contributed by atoms with Crippen LogP contribution in [0.2, 0.25) is 0 Å². The van der Waals surface area contributed by atoms with Gasteiger partial charge in [0.15, 0.2) is 0 Å². The number of aliphatic hydroxyl groups is 1. The molecule has 5 heteroatoms. The van der Waals surface area contributed by atoms with Crippen LogP contribution < -0.4 is 0 Å². The molecule has 1 aromatic carbocycles. The van der Waals surface area contributed by atoms with Crippen LogP contribution in [0.5, 0.6) is 0 Å². The predicted molar refractivity (Wildman–Crippen MR) is 86.5 cm³/mol. The number of aliphatic hydroxyl groups excluding tert-OH is 1. The van der Waals surface area contributed by atoms with Crippen molar-refractivity contribution in [2.24, 2.45) is 5.41 Å². The first kappa shape index (κ1) is 17.9. The summed E-state index contributed by atoms with van der Waals surface area (Å²) in [6, 6.07) is 6.38. The number of rotatable bonds is 7. The van der Waals surface area contributed by atoms with E-state index in [1.165, 1.54) is 12.1 Å². The first-order valence-electron chi connectivity index (χ1n) is 8.21. The molecule has 4 nitrogen and oxygen atoms in total. The molecule has 1 aromatic rings. The number of benzene rings is 1. The Bertz CT molecular complexity index is 523. The predicted octanol–water partition coefficient (Wildman–Crippen LogP) is 2.40. The van der Waals surface area contributed by atoms with Crippen molar-refractivity contribution in [3.05, 3.63) is 35.6 Å². The second kappa shape index (κ2) is 8.41. The first-order valence-corrected chi connectivity index (χ1v) is 8.21. The Labute approximate surface area is 137 Å². The number of hydrogen-bond acceptors (Lipinski definition) is 3. The highest BCUT2D eigenvalue weighted by molar-refractivity contribution is 5.76. The monoisotopic (exact) mass is 323 g/mol. The summed E-state index contributed by atoms with van der Waals surface area (Å²) in [5.74, 6) is -0.198. The molecule has 0 aromatic heterocycles. The van der Waals surface area contributed by atoms with E-state index in [-0.39, 0.29) is 23.7 Å². The second-order valence-corrected chi connectivity index (χ2v) is 6.45. The zero-order chi connectivity index (χ0) is 16.7. The molecule has 1 heterocycles. The van der Waals surface area contributed by atoms with Gasteiger partial charge in [0, 0.05) is 38.6 Å². The van der Waals surface area contributed by atoms with E-state index >= 15 is 0 Å². The fourth-order valence-corrected chi connectivity index (χ4v) is 3.25. The highest BCUT2D eigenvalue weighted by Gasteiger charge is 2.36. The van der Waals surface area contributed by atoms with E-state index in [1.54, 1.807) is 13.2 Å². The molecule has 128 valence electrons. The molecular weight excluding hydrogens is 297 g/mol. The van der Waals surface area contributed by atoms with E-state index in [2.05, 4.69) is 0 Å². The van der Waals surface area contributed by atoms with Crippen LogP contribution in [0, 0.1) is 11.2 Å². The normalized spacial score (nSPS) is 21.4. The fourth-order valence-electron chi connectivity index (χ4n) is 3.25. The van der Waals surface area contributed by atoms with Crippen LogP contribution in [0.1, 0.15) is 31.2 Å². The third-order valence-corrected chi connectivity index (χ3v) is 4.70. The van der Waals surface area contributed by atoms with Gasteiger partial charge in [-0.15, -0.1) is 0 Å². The molecule has 0 radical (unpaired) electrons. The number of amides is 1. The van der Waals surface area contributed by atoms with Crippen molar-refractivity contribution >= 4 is 5.91 Å². The molecule has 1 unspecified atom stereocenters. The molecule has 0 aliphatic carbocycles. The summed E-state index contributed by atoms with van der Waals surface area (Å²) in [5.41, 5.74) is 0.589. The van der Waals surface area contributed by atoms with Crippen LogP contribution in [-0.2, 0) is 16.0 Å². The van der Waals surface area contributed by atoms with Crippen molar-refractivity contribution in [1.82, 2.24) is 4.90 Å². The number of ether oxygens (including phenoxy) is 1. The molecule has 0 bridgehead atoms. The van der Waals surface area contributed by atoms with Gasteiger partial charge in [0.05, 0.1) is 6.61 Å². The largest absolute Gasteiger partial charge is 0.396 e. The minimum Gasteiger partial charge on any atom is -0.396 e. The van der Waals surface area contributed by atoms with Crippen molar-refractivity contribution in [2.75, 3.05) is 33.4 Å². The summed E-state index contributed by atoms with van der Waals surface area (Å²) < 4.78 is 18.3. The SMILES string of the molecule is COCCC1(CO)CCCN(C(=O)CCc2cccc(F)c2)C1. The summed E-state index contributed by atoms with van der Waals surface area (Å²) in [5, 5.41) is 9.77. The lowest BCUT2D eigenvalue weighted by Gasteiger charge is -2.42. The van der Waals surface area contributed by atoms with Gasteiger partial charge in [0.25, 0.3) is 0 Å². The van der Waals surface area contributed by atoms with Gasteiger partial charge < -0.3 is 14.7 Å². The molecular formula is C18H26FNO3. The Morgan fingerprint density at radius 3 is 3.00 bits per heavy atom. The van der Waals surface area contributed by atoms with E-state index in [9.17, 15) is 14.3 Å². The third kappa shape index (κ3) is 5.01. The van der Waals surface area contributed by atoms with Gasteiger partial charge in [0.1, 0.15) is 5.82 Å². The molecule has 1 aliphatic heterocycles. The Kier molecular flexibility index (Phi) is 6.54. The van der Waals surface area contributed by atoms with Crippen LogP contribution in [0.15, 0.2) is 24.3 Å². The second-order valence-electron chi connectivity index (χ2n) is 6.45. The summed E-state index contributed by atoms with van der Waals surface area (Å²) in [6.07, 6.45) is 3.48. The van der Waals surface area contributed by atoms with E-state index < -0.39 is 0 Å². The van der Waals surface area contributed by atoms with Crippen LogP contribution in [0.3, 0.4) is 0 Å². The highest BCUT2D eigenvalue weighted by atomic mass is 19.1. The molecule has 1 aliphatic rings. The molecule has 1 saturated heterocycles. The number of methoxy groups -OCH3 is 1. The maximum Gasteiger partial charge on any atom is 0.222 e. The number of aryl methyl sites for hydroxylation is 1. The van der Waals surface area contributed by atoms with E-state index in [0.29, 0.717) is 26.0 Å². The average Bonchev–Trinajstić information content (AvgIpc) is 2.58. The molecule has 1 amide bonds. The van der Waals surface area contributed by atoms with Crippen molar-refractivity contribution in [1.29, 1.82) is 0 Å². The molecule has 0 saturated carbocycles. The van der Waals surface area contributed by atoms with Crippen LogP contribution >= 0.6 is 0 Å². The van der Waals surface area contributed by atoms with Crippen molar-refractivity contribution < 1.29 is 19.0 Å². The van der Waals surface area contributed by atoms with E-state index in [4.69, 9.17) is 4.74 Å². The van der Waals surface area contributed by atoms with Gasteiger partial charge in [-0.25, -0.2) is 4.39 Å². The van der Waals surface area contributed by atoms with Gasteiger partial charge >= 0.3 is 0 Å². The van der Waals surface area contributed by atoms with Gasteiger partial charge in [-0.1, -0.05) is 12.1 Å². The van der Waals surface area contributed by atoms with E-state index in [0.717, 1.165) is 31.4 Å². The number of piperidine rings is 1. The minimum atomic E-state index is -0.271. The lowest BCUT2D eigenvalue weighted by Crippen LogP contribution is -2.48. The van der Waals surface area contributed by atoms with Crippen molar-refractivity contribution in [2.45, 2.75) is 32.1 Å². The summed E-state index contributed by atoms with van der Waals surface area (Å²) in [4.78, 5) is 14.3. The Hall–Kier alpha value is -1.46. The van der Waals surface area contributed by atoms with Gasteiger partial charge in [-0.3, -0.25) is 4.79 Å². The highest BCUT2D eigenvalue weighted by Crippen LogP contribution is 2.33. The van der Waals surface area contributed by atoms with Crippen LogP contribution in [-0.4, -0.2) is 49.3 Å². The fraction of sp³-hybridized carbons (Fsp3) is 0.611. The Balaban J connectivity index is 1.90. The van der Waals surface area contributed by atoms with Gasteiger partial charge in [-0.2, -0.15) is 0 Å². The van der Waals surface area contributed by atoms with Crippen LogP contribution in [0.25, 0.3) is 0 Å². The standard InChI is InChI=1S/C18H26FNO3/c1-23-11-9-18(14-21)8-3-10-20(13-18)17(22)7-6-15-4-2-5-16(19)12-15/h2,4-5,12,21H,3,6-11,13-14H2,1H3. The maximum atomic E-state index is 13.2. The summed E-state index contributed by atoms with van der Waals surface area (Å²) >= 11 is 0. The molecule has 23 heavy (non-hydrogen) atoms. The third-order valence-electron chi connectivity index (χ3n) is 4.70. The lowest BCUT2D eigenvalue weighted by molar-refractivity contribution is -0.136. The van der Waals surface area contributed by atoms with E-state index in [1.807, 2.05) is 11.0 Å². The molecule has 2 rings (SSSR count). The number of carbonyl (C=O) groups excluding carboxylic acids is 1. The zero-order valence-corrected chi connectivity index (χ0v) is 13.8. The molecule has 0 spiro atoms. The average molecular weight is 323 g/mol. The molecule has 1 fully saturated rings. The Morgan fingerprint density at radius 2 is 2.30 bits per heavy atom. The van der Waals surface area contributed by atoms with Crippen molar-refractivity contribution in [3.8, 4) is 0 Å². The number of hydrogen-bond donors (Lipinski definition) is 1. The summed E-state index contributed by atoms with van der Waals surface area (Å²) in [7, 11) is 1.65. The van der Waals surface area contributed by atoms with Crippen molar-refractivity contribution in [3.63, 3.8) is 0 Å².